The molecule has 0 spiro atoms. The number of hydrogen-bond acceptors (Lipinski definition) is 3. The van der Waals surface area contributed by atoms with E-state index >= 15 is 0 Å². The monoisotopic (exact) mass is 241 g/mol. The number of carbonyl (C=O) groups excluding carboxylic acids is 1. The molecule has 17 heavy (non-hydrogen) atoms. The third kappa shape index (κ3) is 4.64. The van der Waals surface area contributed by atoms with Crippen molar-refractivity contribution in [3.8, 4) is 0 Å². The highest BCUT2D eigenvalue weighted by atomic mass is 16.2. The highest BCUT2D eigenvalue weighted by Gasteiger charge is 2.30. The van der Waals surface area contributed by atoms with Crippen LogP contribution in [-0.4, -0.2) is 42.0 Å². The van der Waals surface area contributed by atoms with Gasteiger partial charge in [0.2, 0.25) is 5.91 Å². The summed E-state index contributed by atoms with van der Waals surface area (Å²) >= 11 is 0. The van der Waals surface area contributed by atoms with Crippen LogP contribution in [0.4, 0.5) is 0 Å². The maximum absolute atomic E-state index is 12.0. The molecule has 4 heteroatoms. The van der Waals surface area contributed by atoms with Gasteiger partial charge in [0.1, 0.15) is 0 Å². The molecule has 1 amide bonds. The zero-order valence-corrected chi connectivity index (χ0v) is 11.6. The summed E-state index contributed by atoms with van der Waals surface area (Å²) in [6.45, 7) is 10.8. The van der Waals surface area contributed by atoms with Crippen molar-refractivity contribution in [3.05, 3.63) is 0 Å². The van der Waals surface area contributed by atoms with Crippen molar-refractivity contribution in [2.75, 3.05) is 19.6 Å². The van der Waals surface area contributed by atoms with E-state index in [1.807, 2.05) is 27.7 Å². The summed E-state index contributed by atoms with van der Waals surface area (Å²) in [5.41, 5.74) is 5.42. The van der Waals surface area contributed by atoms with E-state index in [2.05, 4.69) is 10.2 Å². The van der Waals surface area contributed by atoms with Gasteiger partial charge in [-0.1, -0.05) is 0 Å². The van der Waals surface area contributed by atoms with Gasteiger partial charge < -0.3 is 11.1 Å². The predicted molar refractivity (Wildman–Crippen MR) is 70.7 cm³/mol. The Balaban J connectivity index is 2.43. The minimum Gasteiger partial charge on any atom is -0.350 e. The SMILES string of the molecule is CC(C(=O)NC(C)(C)C)N1CCC(CCN)C1. The molecule has 1 heterocycles. The fourth-order valence-corrected chi connectivity index (χ4v) is 2.33. The lowest BCUT2D eigenvalue weighted by Gasteiger charge is -2.28. The Morgan fingerprint density at radius 3 is 2.71 bits per heavy atom. The predicted octanol–water partition coefficient (Wildman–Crippen LogP) is 0.960. The second-order valence-electron chi connectivity index (χ2n) is 6.14. The molecule has 3 N–H and O–H groups in total. The summed E-state index contributed by atoms with van der Waals surface area (Å²) in [6.07, 6.45) is 2.24. The van der Waals surface area contributed by atoms with E-state index in [1.54, 1.807) is 0 Å². The summed E-state index contributed by atoms with van der Waals surface area (Å²) in [7, 11) is 0. The van der Waals surface area contributed by atoms with Crippen molar-refractivity contribution in [1.29, 1.82) is 0 Å². The van der Waals surface area contributed by atoms with E-state index in [1.165, 1.54) is 6.42 Å². The van der Waals surface area contributed by atoms with Gasteiger partial charge in [0.15, 0.2) is 0 Å². The van der Waals surface area contributed by atoms with Crippen molar-refractivity contribution in [2.45, 2.75) is 52.1 Å². The minimum atomic E-state index is -0.151. The van der Waals surface area contributed by atoms with Crippen LogP contribution in [0.25, 0.3) is 0 Å². The highest BCUT2D eigenvalue weighted by Crippen LogP contribution is 2.21. The summed E-state index contributed by atoms with van der Waals surface area (Å²) < 4.78 is 0. The van der Waals surface area contributed by atoms with E-state index in [0.717, 1.165) is 26.1 Å². The van der Waals surface area contributed by atoms with E-state index in [-0.39, 0.29) is 17.5 Å². The van der Waals surface area contributed by atoms with Crippen molar-refractivity contribution >= 4 is 5.91 Å². The molecular formula is C13H27N3O. The number of likely N-dealkylation sites (tertiary alicyclic amines) is 1. The van der Waals surface area contributed by atoms with Gasteiger partial charge >= 0.3 is 0 Å². The third-order valence-electron chi connectivity index (χ3n) is 3.32. The topological polar surface area (TPSA) is 58.4 Å². The molecule has 1 saturated heterocycles. The van der Waals surface area contributed by atoms with Gasteiger partial charge in [-0.2, -0.15) is 0 Å². The molecule has 2 atom stereocenters. The first-order valence-electron chi connectivity index (χ1n) is 6.59. The number of rotatable bonds is 4. The fourth-order valence-electron chi connectivity index (χ4n) is 2.33. The summed E-state index contributed by atoms with van der Waals surface area (Å²) in [6, 6.07) is -0.0306. The molecule has 4 nitrogen and oxygen atoms in total. The Morgan fingerprint density at radius 1 is 1.53 bits per heavy atom. The summed E-state index contributed by atoms with van der Waals surface area (Å²) in [5.74, 6) is 0.802. The maximum atomic E-state index is 12.0. The molecule has 2 unspecified atom stereocenters. The molecule has 0 aromatic heterocycles. The van der Waals surface area contributed by atoms with E-state index < -0.39 is 0 Å². The number of nitrogens with one attached hydrogen (secondary N) is 1. The quantitative estimate of drug-likeness (QED) is 0.771. The van der Waals surface area contributed by atoms with Crippen molar-refractivity contribution in [3.63, 3.8) is 0 Å². The molecule has 0 saturated carbocycles. The Kier molecular flexibility index (Phi) is 4.95. The number of nitrogens with zero attached hydrogens (tertiary/aromatic N) is 1. The molecule has 1 rings (SSSR count). The summed E-state index contributed by atoms with van der Waals surface area (Å²) in [5, 5.41) is 3.04. The lowest BCUT2D eigenvalue weighted by Crippen LogP contribution is -2.50. The van der Waals surface area contributed by atoms with Crippen LogP contribution in [0.3, 0.4) is 0 Å². The van der Waals surface area contributed by atoms with Crippen LogP contribution in [-0.2, 0) is 4.79 Å². The van der Waals surface area contributed by atoms with Crippen LogP contribution < -0.4 is 11.1 Å². The smallest absolute Gasteiger partial charge is 0.237 e. The first kappa shape index (κ1) is 14.5. The Bertz CT molecular complexity index is 260. The van der Waals surface area contributed by atoms with Gasteiger partial charge in [-0.05, 0) is 59.5 Å². The van der Waals surface area contributed by atoms with Crippen molar-refractivity contribution in [1.82, 2.24) is 10.2 Å². The van der Waals surface area contributed by atoms with E-state index in [0.29, 0.717) is 5.92 Å². The van der Waals surface area contributed by atoms with Crippen LogP contribution in [0.2, 0.25) is 0 Å². The minimum absolute atomic E-state index is 0.0306. The Morgan fingerprint density at radius 2 is 2.18 bits per heavy atom. The fraction of sp³-hybridized carbons (Fsp3) is 0.923. The molecule has 0 bridgehead atoms. The molecule has 1 aliphatic rings. The first-order valence-corrected chi connectivity index (χ1v) is 6.59. The average molecular weight is 241 g/mol. The molecule has 0 radical (unpaired) electrons. The van der Waals surface area contributed by atoms with Crippen LogP contribution in [0.5, 0.6) is 0 Å². The zero-order chi connectivity index (χ0) is 13.1. The van der Waals surface area contributed by atoms with Crippen LogP contribution in [0.15, 0.2) is 0 Å². The zero-order valence-electron chi connectivity index (χ0n) is 11.6. The van der Waals surface area contributed by atoms with Crippen LogP contribution >= 0.6 is 0 Å². The van der Waals surface area contributed by atoms with Crippen molar-refractivity contribution < 1.29 is 4.79 Å². The lowest BCUT2D eigenvalue weighted by atomic mass is 10.1. The summed E-state index contributed by atoms with van der Waals surface area (Å²) in [4.78, 5) is 14.3. The molecule has 0 aromatic carbocycles. The van der Waals surface area contributed by atoms with Gasteiger partial charge in [-0.25, -0.2) is 0 Å². The molecular weight excluding hydrogens is 214 g/mol. The van der Waals surface area contributed by atoms with E-state index in [9.17, 15) is 4.79 Å². The van der Waals surface area contributed by atoms with E-state index in [4.69, 9.17) is 5.73 Å². The maximum Gasteiger partial charge on any atom is 0.237 e. The van der Waals surface area contributed by atoms with Gasteiger partial charge in [0.05, 0.1) is 6.04 Å². The molecule has 100 valence electrons. The number of carbonyl (C=O) groups is 1. The Labute approximate surface area is 105 Å². The second-order valence-corrected chi connectivity index (χ2v) is 6.14. The first-order chi connectivity index (χ1) is 7.83. The van der Waals surface area contributed by atoms with Crippen LogP contribution in [0.1, 0.15) is 40.5 Å². The number of hydrogen-bond donors (Lipinski definition) is 2. The van der Waals surface area contributed by atoms with Crippen molar-refractivity contribution in [2.24, 2.45) is 11.7 Å². The Hall–Kier alpha value is -0.610. The lowest BCUT2D eigenvalue weighted by molar-refractivity contribution is -0.127. The standard InChI is InChI=1S/C13H27N3O/c1-10(12(17)15-13(2,3)4)16-8-6-11(9-16)5-7-14/h10-11H,5-9,14H2,1-4H3,(H,15,17). The molecule has 0 aromatic rings. The molecule has 0 aliphatic carbocycles. The van der Waals surface area contributed by atoms with Crippen LogP contribution in [0, 0.1) is 5.92 Å². The van der Waals surface area contributed by atoms with Gasteiger partial charge in [0, 0.05) is 12.1 Å². The van der Waals surface area contributed by atoms with Gasteiger partial charge in [-0.15, -0.1) is 0 Å². The van der Waals surface area contributed by atoms with Gasteiger partial charge in [-0.3, -0.25) is 9.69 Å². The normalized spacial score (nSPS) is 23.7. The highest BCUT2D eigenvalue weighted by molar-refractivity contribution is 5.81. The third-order valence-corrected chi connectivity index (χ3v) is 3.32. The second kappa shape index (κ2) is 5.83. The number of nitrogens with two attached hydrogens (primary N) is 1. The number of amides is 1. The molecule has 1 aliphatic heterocycles. The molecule has 1 fully saturated rings. The van der Waals surface area contributed by atoms with Gasteiger partial charge in [0.25, 0.3) is 0 Å². The average Bonchev–Trinajstić information content (AvgIpc) is 2.63. The largest absolute Gasteiger partial charge is 0.350 e.